The largest absolute Gasteiger partial charge is 0.484 e. The molecule has 1 unspecified atom stereocenters. The summed E-state index contributed by atoms with van der Waals surface area (Å²) in [6, 6.07) is 19.7. The molecule has 0 heterocycles. The third-order valence-corrected chi connectivity index (χ3v) is 4.63. The van der Waals surface area contributed by atoms with Crippen LogP contribution in [0.5, 0.6) is 5.75 Å². The average Bonchev–Trinajstić information content (AvgIpc) is 2.73. The van der Waals surface area contributed by atoms with Gasteiger partial charge in [0.25, 0.3) is 5.91 Å². The summed E-state index contributed by atoms with van der Waals surface area (Å²) in [5.41, 5.74) is 3.04. The second-order valence-electron chi connectivity index (χ2n) is 6.79. The summed E-state index contributed by atoms with van der Waals surface area (Å²) >= 11 is 0. The first-order valence-electron chi connectivity index (χ1n) is 9.32. The highest BCUT2D eigenvalue weighted by molar-refractivity contribution is 6.09. The van der Waals surface area contributed by atoms with Crippen LogP contribution in [0.25, 0.3) is 0 Å². The lowest BCUT2D eigenvalue weighted by atomic mass is 10.0. The number of aryl methyl sites for hydroxylation is 1. The summed E-state index contributed by atoms with van der Waals surface area (Å²) in [7, 11) is 0. The zero-order valence-electron chi connectivity index (χ0n) is 16.3. The minimum atomic E-state index is -0.389. The second kappa shape index (κ2) is 9.15. The molecule has 3 aromatic rings. The van der Waals surface area contributed by atoms with Crippen LogP contribution in [0.1, 0.15) is 40.0 Å². The van der Waals surface area contributed by atoms with Gasteiger partial charge in [0, 0.05) is 11.1 Å². The lowest BCUT2D eigenvalue weighted by Gasteiger charge is -2.16. The van der Waals surface area contributed by atoms with Crippen molar-refractivity contribution in [2.75, 3.05) is 6.61 Å². The van der Waals surface area contributed by atoms with Gasteiger partial charge in [0.1, 0.15) is 11.6 Å². The lowest BCUT2D eigenvalue weighted by molar-refractivity contribution is -0.123. The van der Waals surface area contributed by atoms with E-state index < -0.39 is 0 Å². The molecular weight excluding hydrogens is 369 g/mol. The highest BCUT2D eigenvalue weighted by Crippen LogP contribution is 2.18. The van der Waals surface area contributed by atoms with Crippen molar-refractivity contribution in [3.63, 3.8) is 0 Å². The van der Waals surface area contributed by atoms with Gasteiger partial charge < -0.3 is 10.1 Å². The van der Waals surface area contributed by atoms with Crippen LogP contribution in [0.4, 0.5) is 4.39 Å². The Kier molecular flexibility index (Phi) is 6.39. The van der Waals surface area contributed by atoms with E-state index in [4.69, 9.17) is 4.74 Å². The number of carbonyl (C=O) groups excluding carboxylic acids is 2. The molecule has 0 fully saturated rings. The van der Waals surface area contributed by atoms with E-state index in [-0.39, 0.29) is 30.2 Å². The molecule has 0 aliphatic rings. The number of amides is 1. The predicted octanol–water partition coefficient (Wildman–Crippen LogP) is 4.62. The van der Waals surface area contributed by atoms with Gasteiger partial charge in [-0.15, -0.1) is 0 Å². The van der Waals surface area contributed by atoms with Crippen LogP contribution in [0.15, 0.2) is 72.8 Å². The van der Waals surface area contributed by atoms with Crippen LogP contribution >= 0.6 is 0 Å². The SMILES string of the molecule is Cc1ccccc1C(C)NC(=O)COc1ccc(C(=O)c2ccc(F)cc2)cc1. The fourth-order valence-electron chi connectivity index (χ4n) is 3.05. The summed E-state index contributed by atoms with van der Waals surface area (Å²) < 4.78 is 18.5. The summed E-state index contributed by atoms with van der Waals surface area (Å²) in [5, 5.41) is 2.91. The molecule has 0 saturated carbocycles. The summed E-state index contributed by atoms with van der Waals surface area (Å²) in [4.78, 5) is 24.6. The number of benzene rings is 3. The molecular formula is C24H22FNO3. The molecule has 0 radical (unpaired) electrons. The van der Waals surface area contributed by atoms with Crippen LogP contribution in [0.2, 0.25) is 0 Å². The van der Waals surface area contributed by atoms with Gasteiger partial charge in [-0.05, 0) is 73.5 Å². The molecule has 0 saturated heterocycles. The zero-order valence-corrected chi connectivity index (χ0v) is 16.3. The Balaban J connectivity index is 1.54. The van der Waals surface area contributed by atoms with Gasteiger partial charge in [-0.2, -0.15) is 0 Å². The lowest BCUT2D eigenvalue weighted by Crippen LogP contribution is -2.31. The van der Waals surface area contributed by atoms with E-state index in [1.807, 2.05) is 38.1 Å². The molecule has 3 rings (SSSR count). The minimum Gasteiger partial charge on any atom is -0.484 e. The van der Waals surface area contributed by atoms with E-state index in [9.17, 15) is 14.0 Å². The molecule has 0 spiro atoms. The van der Waals surface area contributed by atoms with E-state index in [1.54, 1.807) is 24.3 Å². The van der Waals surface area contributed by atoms with Crippen molar-refractivity contribution in [2.45, 2.75) is 19.9 Å². The van der Waals surface area contributed by atoms with E-state index in [1.165, 1.54) is 24.3 Å². The van der Waals surface area contributed by atoms with Crippen molar-refractivity contribution in [2.24, 2.45) is 0 Å². The Hall–Kier alpha value is -3.47. The maximum atomic E-state index is 13.0. The number of carbonyl (C=O) groups is 2. The van der Waals surface area contributed by atoms with Gasteiger partial charge in [0.05, 0.1) is 6.04 Å². The highest BCUT2D eigenvalue weighted by atomic mass is 19.1. The Labute approximate surface area is 169 Å². The van der Waals surface area contributed by atoms with Crippen LogP contribution in [0, 0.1) is 12.7 Å². The molecule has 0 bridgehead atoms. The first-order chi connectivity index (χ1) is 13.9. The summed E-state index contributed by atoms with van der Waals surface area (Å²) in [6.07, 6.45) is 0. The number of ether oxygens (including phenoxy) is 1. The smallest absolute Gasteiger partial charge is 0.258 e. The zero-order chi connectivity index (χ0) is 20.8. The molecule has 0 aliphatic heterocycles. The van der Waals surface area contributed by atoms with Crippen molar-refractivity contribution < 1.29 is 18.7 Å². The van der Waals surface area contributed by atoms with Gasteiger partial charge in [-0.3, -0.25) is 9.59 Å². The quantitative estimate of drug-likeness (QED) is 0.598. The Morgan fingerprint density at radius 2 is 1.52 bits per heavy atom. The summed E-state index contributed by atoms with van der Waals surface area (Å²) in [5.74, 6) is -0.340. The molecule has 1 amide bonds. The Morgan fingerprint density at radius 1 is 0.931 bits per heavy atom. The average molecular weight is 391 g/mol. The topological polar surface area (TPSA) is 55.4 Å². The first-order valence-corrected chi connectivity index (χ1v) is 9.32. The summed E-state index contributed by atoms with van der Waals surface area (Å²) in [6.45, 7) is 3.81. The highest BCUT2D eigenvalue weighted by Gasteiger charge is 2.13. The van der Waals surface area contributed by atoms with Crippen LogP contribution in [0.3, 0.4) is 0 Å². The van der Waals surface area contributed by atoms with Crippen LogP contribution in [-0.2, 0) is 4.79 Å². The maximum absolute atomic E-state index is 13.0. The number of hydrogen-bond donors (Lipinski definition) is 1. The predicted molar refractivity (Wildman–Crippen MR) is 110 cm³/mol. The van der Waals surface area contributed by atoms with E-state index in [0.29, 0.717) is 16.9 Å². The Morgan fingerprint density at radius 3 is 2.14 bits per heavy atom. The monoisotopic (exact) mass is 391 g/mol. The third kappa shape index (κ3) is 5.29. The number of nitrogens with one attached hydrogen (secondary N) is 1. The molecule has 0 aliphatic carbocycles. The second-order valence-corrected chi connectivity index (χ2v) is 6.79. The standard InChI is InChI=1S/C24H22FNO3/c1-16-5-3-4-6-22(16)17(2)26-23(27)15-29-21-13-9-19(10-14-21)24(28)18-7-11-20(25)12-8-18/h3-14,17H,15H2,1-2H3,(H,26,27). The van der Waals surface area contributed by atoms with Crippen molar-refractivity contribution in [1.29, 1.82) is 0 Å². The van der Waals surface area contributed by atoms with Crippen molar-refractivity contribution >= 4 is 11.7 Å². The van der Waals surface area contributed by atoms with E-state index >= 15 is 0 Å². The number of ketones is 1. The van der Waals surface area contributed by atoms with Crippen molar-refractivity contribution in [1.82, 2.24) is 5.32 Å². The molecule has 4 nitrogen and oxygen atoms in total. The van der Waals surface area contributed by atoms with Gasteiger partial charge in [0.2, 0.25) is 0 Å². The Bertz CT molecular complexity index is 997. The molecule has 0 aromatic heterocycles. The fraction of sp³-hybridized carbons (Fsp3) is 0.167. The molecule has 148 valence electrons. The van der Waals surface area contributed by atoms with E-state index in [0.717, 1.165) is 11.1 Å². The van der Waals surface area contributed by atoms with Crippen LogP contribution < -0.4 is 10.1 Å². The maximum Gasteiger partial charge on any atom is 0.258 e. The number of rotatable bonds is 7. The molecule has 1 N–H and O–H groups in total. The van der Waals surface area contributed by atoms with E-state index in [2.05, 4.69) is 5.32 Å². The normalized spacial score (nSPS) is 11.6. The van der Waals surface area contributed by atoms with Gasteiger partial charge in [-0.1, -0.05) is 24.3 Å². The number of halogens is 1. The van der Waals surface area contributed by atoms with Gasteiger partial charge in [-0.25, -0.2) is 4.39 Å². The molecule has 5 heteroatoms. The minimum absolute atomic E-state index is 0.122. The van der Waals surface area contributed by atoms with Gasteiger partial charge >= 0.3 is 0 Å². The van der Waals surface area contributed by atoms with Crippen LogP contribution in [-0.4, -0.2) is 18.3 Å². The third-order valence-electron chi connectivity index (χ3n) is 4.63. The van der Waals surface area contributed by atoms with Crippen molar-refractivity contribution in [3.05, 3.63) is 101 Å². The molecule has 1 atom stereocenters. The van der Waals surface area contributed by atoms with Crippen molar-refractivity contribution in [3.8, 4) is 5.75 Å². The molecule has 3 aromatic carbocycles. The van der Waals surface area contributed by atoms with Gasteiger partial charge in [0.15, 0.2) is 12.4 Å². The number of hydrogen-bond acceptors (Lipinski definition) is 3. The molecule has 29 heavy (non-hydrogen) atoms. The fourth-order valence-corrected chi connectivity index (χ4v) is 3.05. The first kappa shape index (κ1) is 20.3.